The maximum absolute atomic E-state index is 12.6. The summed E-state index contributed by atoms with van der Waals surface area (Å²) in [6.45, 7) is 3.58. The van der Waals surface area contributed by atoms with E-state index in [1.807, 2.05) is 6.92 Å². The van der Waals surface area contributed by atoms with Crippen LogP contribution in [-0.4, -0.2) is 72.7 Å². The minimum absolute atomic E-state index is 0.0593. The van der Waals surface area contributed by atoms with Gasteiger partial charge in [0.1, 0.15) is 6.10 Å². The molecule has 1 aromatic carbocycles. The number of cyclic esters (lactones) is 1. The number of ether oxygens (including phenoxy) is 3. The summed E-state index contributed by atoms with van der Waals surface area (Å²) in [7, 11) is 2.83. The number of hydrogen-bond donors (Lipinski definition) is 0. The maximum Gasteiger partial charge on any atom is 0.410 e. The third-order valence-electron chi connectivity index (χ3n) is 5.71. The molecule has 1 aromatic rings. The Morgan fingerprint density at radius 2 is 1.90 bits per heavy atom. The van der Waals surface area contributed by atoms with E-state index in [9.17, 15) is 19.7 Å². The van der Waals surface area contributed by atoms with Gasteiger partial charge < -0.3 is 24.0 Å². The van der Waals surface area contributed by atoms with Gasteiger partial charge in [-0.2, -0.15) is 0 Å². The quantitative estimate of drug-likeness (QED) is 0.369. The number of benzene rings is 1. The molecule has 0 saturated carbocycles. The molecule has 2 amide bonds. The van der Waals surface area contributed by atoms with Crippen molar-refractivity contribution in [3.63, 3.8) is 0 Å². The molecule has 1 unspecified atom stereocenters. The lowest BCUT2D eigenvalue weighted by Crippen LogP contribution is -2.46. The summed E-state index contributed by atoms with van der Waals surface area (Å²) in [5.74, 6) is 0.340. The number of likely N-dealkylation sites (tertiary alicyclic amines) is 1. The highest BCUT2D eigenvalue weighted by atomic mass is 16.6. The van der Waals surface area contributed by atoms with Gasteiger partial charge in [-0.15, -0.1) is 0 Å². The molecule has 2 saturated heterocycles. The summed E-state index contributed by atoms with van der Waals surface area (Å²) in [6.07, 6.45) is 4.52. The molecule has 0 aromatic heterocycles. The van der Waals surface area contributed by atoms with E-state index in [-0.39, 0.29) is 41.1 Å². The summed E-state index contributed by atoms with van der Waals surface area (Å²) in [4.78, 5) is 39.0. The van der Waals surface area contributed by atoms with Crippen molar-refractivity contribution < 1.29 is 28.7 Å². The van der Waals surface area contributed by atoms with E-state index in [2.05, 4.69) is 0 Å². The predicted octanol–water partition coefficient (Wildman–Crippen LogP) is 2.85. The van der Waals surface area contributed by atoms with Crippen LogP contribution in [0.3, 0.4) is 0 Å². The number of amides is 2. The minimum Gasteiger partial charge on any atom is -0.493 e. The Morgan fingerprint density at radius 1 is 1.26 bits per heavy atom. The second-order valence-electron chi connectivity index (χ2n) is 7.48. The first-order chi connectivity index (χ1) is 14.9. The number of methoxy groups -OCH3 is 2. The van der Waals surface area contributed by atoms with Crippen LogP contribution in [0.15, 0.2) is 18.2 Å². The lowest BCUT2D eigenvalue weighted by Gasteiger charge is -2.35. The van der Waals surface area contributed by atoms with Crippen LogP contribution in [0.4, 0.5) is 10.5 Å². The molecule has 3 rings (SSSR count). The first-order valence-electron chi connectivity index (χ1n) is 10.2. The normalized spacial score (nSPS) is 19.6. The molecule has 31 heavy (non-hydrogen) atoms. The number of nitro groups is 1. The van der Waals surface area contributed by atoms with Gasteiger partial charge in [0.05, 0.1) is 37.3 Å². The summed E-state index contributed by atoms with van der Waals surface area (Å²) >= 11 is 0. The number of nitro benzene ring substituents is 1. The maximum atomic E-state index is 12.6. The smallest absolute Gasteiger partial charge is 0.410 e. The van der Waals surface area contributed by atoms with Gasteiger partial charge in [-0.3, -0.25) is 14.9 Å². The third kappa shape index (κ3) is 4.89. The SMILES string of the molecule is CCC1CN(C2CCN(C(=O)C=Cc3cc(OC)c(OC)cc3[N+](=O)[O-])CC2)C(=O)O1. The Bertz CT molecular complexity index is 878. The fraction of sp³-hybridized carbons (Fsp3) is 0.524. The first kappa shape index (κ1) is 22.4. The van der Waals surface area contributed by atoms with Crippen LogP contribution in [0.25, 0.3) is 6.08 Å². The van der Waals surface area contributed by atoms with E-state index in [1.54, 1.807) is 9.80 Å². The highest BCUT2D eigenvalue weighted by Crippen LogP contribution is 2.35. The molecule has 0 spiro atoms. The second kappa shape index (κ2) is 9.67. The van der Waals surface area contributed by atoms with Crippen LogP contribution in [0.5, 0.6) is 11.5 Å². The summed E-state index contributed by atoms with van der Waals surface area (Å²) in [5.41, 5.74) is 0.0646. The van der Waals surface area contributed by atoms with E-state index in [1.165, 1.54) is 38.5 Å². The Hall–Kier alpha value is -3.30. The number of carbonyl (C=O) groups is 2. The molecule has 0 radical (unpaired) electrons. The molecule has 2 aliphatic heterocycles. The average molecular weight is 433 g/mol. The minimum atomic E-state index is -0.531. The van der Waals surface area contributed by atoms with E-state index < -0.39 is 4.92 Å². The van der Waals surface area contributed by atoms with Crippen molar-refractivity contribution in [2.45, 2.75) is 38.3 Å². The molecule has 1 atom stereocenters. The number of hydrogen-bond acceptors (Lipinski definition) is 7. The molecule has 2 heterocycles. The lowest BCUT2D eigenvalue weighted by atomic mass is 10.0. The van der Waals surface area contributed by atoms with Crippen molar-refractivity contribution in [3.05, 3.63) is 33.9 Å². The van der Waals surface area contributed by atoms with Crippen molar-refractivity contribution in [2.24, 2.45) is 0 Å². The Morgan fingerprint density at radius 3 is 2.45 bits per heavy atom. The van der Waals surface area contributed by atoms with E-state index >= 15 is 0 Å². The van der Waals surface area contributed by atoms with Crippen LogP contribution in [-0.2, 0) is 9.53 Å². The summed E-state index contributed by atoms with van der Waals surface area (Å²) in [5, 5.41) is 11.4. The predicted molar refractivity (Wildman–Crippen MR) is 112 cm³/mol. The fourth-order valence-corrected chi connectivity index (χ4v) is 3.89. The van der Waals surface area contributed by atoms with Gasteiger partial charge in [0, 0.05) is 25.2 Å². The average Bonchev–Trinajstić information content (AvgIpc) is 3.17. The van der Waals surface area contributed by atoms with Crippen molar-refractivity contribution in [3.8, 4) is 11.5 Å². The molecule has 2 fully saturated rings. The van der Waals surface area contributed by atoms with Crippen molar-refractivity contribution >= 4 is 23.8 Å². The van der Waals surface area contributed by atoms with Crippen molar-refractivity contribution in [1.29, 1.82) is 0 Å². The Labute approximate surface area is 180 Å². The van der Waals surface area contributed by atoms with Gasteiger partial charge in [-0.05, 0) is 31.4 Å². The van der Waals surface area contributed by atoms with Gasteiger partial charge in [0.2, 0.25) is 5.91 Å². The molecule has 10 nitrogen and oxygen atoms in total. The van der Waals surface area contributed by atoms with Crippen LogP contribution in [0.1, 0.15) is 31.7 Å². The van der Waals surface area contributed by atoms with E-state index in [4.69, 9.17) is 14.2 Å². The third-order valence-corrected chi connectivity index (χ3v) is 5.71. The molecule has 0 bridgehead atoms. The second-order valence-corrected chi connectivity index (χ2v) is 7.48. The Kier molecular flexibility index (Phi) is 6.98. The van der Waals surface area contributed by atoms with Gasteiger partial charge in [-0.1, -0.05) is 6.92 Å². The largest absolute Gasteiger partial charge is 0.493 e. The van der Waals surface area contributed by atoms with Crippen LogP contribution < -0.4 is 9.47 Å². The van der Waals surface area contributed by atoms with Crippen LogP contribution >= 0.6 is 0 Å². The fourth-order valence-electron chi connectivity index (χ4n) is 3.89. The zero-order valence-electron chi connectivity index (χ0n) is 17.9. The monoisotopic (exact) mass is 433 g/mol. The van der Waals surface area contributed by atoms with Gasteiger partial charge in [0.25, 0.3) is 5.69 Å². The number of piperidine rings is 1. The summed E-state index contributed by atoms with van der Waals surface area (Å²) < 4.78 is 15.6. The molecule has 0 N–H and O–H groups in total. The van der Waals surface area contributed by atoms with E-state index in [0.717, 1.165) is 6.42 Å². The number of rotatable bonds is 7. The standard InChI is InChI=1S/C21H27N3O7/c1-4-16-13-23(21(26)31-16)15-7-9-22(10-8-15)20(25)6-5-14-11-18(29-2)19(30-3)12-17(14)24(27)28/h5-6,11-12,15-16H,4,7-10,13H2,1-3H3. The van der Waals surface area contributed by atoms with Crippen LogP contribution in [0.2, 0.25) is 0 Å². The summed E-state index contributed by atoms with van der Waals surface area (Å²) in [6, 6.07) is 2.80. The molecule has 2 aliphatic rings. The number of nitrogens with zero attached hydrogens (tertiary/aromatic N) is 3. The zero-order valence-corrected chi connectivity index (χ0v) is 17.9. The van der Waals surface area contributed by atoms with Crippen molar-refractivity contribution in [1.82, 2.24) is 9.80 Å². The molecular weight excluding hydrogens is 406 g/mol. The van der Waals surface area contributed by atoms with Crippen molar-refractivity contribution in [2.75, 3.05) is 33.9 Å². The topological polar surface area (TPSA) is 111 Å². The first-order valence-corrected chi connectivity index (χ1v) is 10.2. The molecule has 0 aliphatic carbocycles. The molecule has 168 valence electrons. The van der Waals surface area contributed by atoms with Crippen LogP contribution in [0, 0.1) is 10.1 Å². The van der Waals surface area contributed by atoms with Gasteiger partial charge >= 0.3 is 6.09 Å². The zero-order chi connectivity index (χ0) is 22.5. The molecular formula is C21H27N3O7. The molecule has 10 heteroatoms. The highest BCUT2D eigenvalue weighted by molar-refractivity contribution is 5.92. The van der Waals surface area contributed by atoms with Gasteiger partial charge in [-0.25, -0.2) is 4.79 Å². The number of carbonyl (C=O) groups excluding carboxylic acids is 2. The lowest BCUT2D eigenvalue weighted by molar-refractivity contribution is -0.385. The van der Waals surface area contributed by atoms with Gasteiger partial charge in [0.15, 0.2) is 11.5 Å². The van der Waals surface area contributed by atoms with E-state index in [0.29, 0.717) is 38.2 Å². The highest BCUT2D eigenvalue weighted by Gasteiger charge is 2.37. The Balaban J connectivity index is 1.65.